The van der Waals surface area contributed by atoms with Crippen LogP contribution in [0.5, 0.6) is 0 Å². The SMILES string of the molecule is O=CC(Nc1ccccc1)c1ccccc1. The Morgan fingerprint density at radius 3 is 2.00 bits per heavy atom. The number of carbonyl (C=O) groups excluding carboxylic acids is 1. The van der Waals surface area contributed by atoms with Gasteiger partial charge in [-0.05, 0) is 17.7 Å². The van der Waals surface area contributed by atoms with E-state index in [2.05, 4.69) is 5.32 Å². The van der Waals surface area contributed by atoms with Crippen molar-refractivity contribution in [2.24, 2.45) is 0 Å². The van der Waals surface area contributed by atoms with Crippen LogP contribution in [0.25, 0.3) is 0 Å². The fourth-order valence-corrected chi connectivity index (χ4v) is 1.57. The predicted molar refractivity (Wildman–Crippen MR) is 65.3 cm³/mol. The number of benzene rings is 2. The molecule has 1 unspecified atom stereocenters. The lowest BCUT2D eigenvalue weighted by Gasteiger charge is -2.14. The second kappa shape index (κ2) is 5.12. The first-order valence-corrected chi connectivity index (χ1v) is 5.22. The van der Waals surface area contributed by atoms with E-state index in [9.17, 15) is 4.79 Å². The summed E-state index contributed by atoms with van der Waals surface area (Å²) in [5.74, 6) is 0. The van der Waals surface area contributed by atoms with E-state index in [4.69, 9.17) is 0 Å². The third-order valence-electron chi connectivity index (χ3n) is 2.39. The monoisotopic (exact) mass is 211 g/mol. The molecule has 2 rings (SSSR count). The van der Waals surface area contributed by atoms with Crippen molar-refractivity contribution in [2.75, 3.05) is 5.32 Å². The number of hydrogen-bond donors (Lipinski definition) is 1. The summed E-state index contributed by atoms with van der Waals surface area (Å²) < 4.78 is 0. The van der Waals surface area contributed by atoms with Crippen LogP contribution in [-0.2, 0) is 4.79 Å². The van der Waals surface area contributed by atoms with Gasteiger partial charge in [0, 0.05) is 5.69 Å². The molecule has 0 radical (unpaired) electrons. The normalized spacial score (nSPS) is 11.8. The van der Waals surface area contributed by atoms with Crippen molar-refractivity contribution < 1.29 is 4.79 Å². The lowest BCUT2D eigenvalue weighted by atomic mass is 10.1. The average Bonchev–Trinajstić information content (AvgIpc) is 2.38. The zero-order chi connectivity index (χ0) is 11.2. The summed E-state index contributed by atoms with van der Waals surface area (Å²) in [5, 5.41) is 3.18. The zero-order valence-electron chi connectivity index (χ0n) is 8.84. The van der Waals surface area contributed by atoms with Crippen LogP contribution in [0.1, 0.15) is 11.6 Å². The molecule has 0 saturated heterocycles. The van der Waals surface area contributed by atoms with E-state index in [1.165, 1.54) is 0 Å². The van der Waals surface area contributed by atoms with Gasteiger partial charge in [0.15, 0.2) is 0 Å². The summed E-state index contributed by atoms with van der Waals surface area (Å²) >= 11 is 0. The van der Waals surface area contributed by atoms with Crippen LogP contribution in [-0.4, -0.2) is 6.29 Å². The van der Waals surface area contributed by atoms with Gasteiger partial charge in [-0.1, -0.05) is 48.5 Å². The van der Waals surface area contributed by atoms with Gasteiger partial charge in [0.05, 0.1) is 0 Å². The van der Waals surface area contributed by atoms with Crippen molar-refractivity contribution in [3.8, 4) is 0 Å². The molecule has 0 heterocycles. The Hall–Kier alpha value is -2.09. The zero-order valence-corrected chi connectivity index (χ0v) is 8.84. The van der Waals surface area contributed by atoms with Crippen molar-refractivity contribution in [3.05, 3.63) is 66.2 Å². The van der Waals surface area contributed by atoms with Gasteiger partial charge in [0.2, 0.25) is 0 Å². The molecule has 0 spiro atoms. The topological polar surface area (TPSA) is 29.1 Å². The molecule has 0 bridgehead atoms. The molecule has 2 nitrogen and oxygen atoms in total. The maximum absolute atomic E-state index is 11.0. The predicted octanol–water partition coefficient (Wildman–Crippen LogP) is 3.04. The van der Waals surface area contributed by atoms with Crippen molar-refractivity contribution in [1.82, 2.24) is 0 Å². The molecule has 0 aromatic heterocycles. The third-order valence-corrected chi connectivity index (χ3v) is 2.39. The van der Waals surface area contributed by atoms with E-state index < -0.39 is 0 Å². The Balaban J connectivity index is 2.16. The molecule has 0 aliphatic rings. The first-order valence-electron chi connectivity index (χ1n) is 5.22. The number of rotatable bonds is 4. The number of anilines is 1. The van der Waals surface area contributed by atoms with Crippen LogP contribution < -0.4 is 5.32 Å². The summed E-state index contributed by atoms with van der Waals surface area (Å²) in [6, 6.07) is 19.1. The molecule has 1 atom stereocenters. The van der Waals surface area contributed by atoms with Gasteiger partial charge in [0.1, 0.15) is 12.3 Å². The minimum absolute atomic E-state index is 0.288. The molecule has 0 fully saturated rings. The van der Waals surface area contributed by atoms with E-state index in [-0.39, 0.29) is 6.04 Å². The van der Waals surface area contributed by atoms with Crippen LogP contribution in [0.2, 0.25) is 0 Å². The fraction of sp³-hybridized carbons (Fsp3) is 0.0714. The Labute approximate surface area is 94.9 Å². The summed E-state index contributed by atoms with van der Waals surface area (Å²) in [6.45, 7) is 0. The molecular weight excluding hydrogens is 198 g/mol. The lowest BCUT2D eigenvalue weighted by molar-refractivity contribution is -0.108. The molecular formula is C14H13NO. The highest BCUT2D eigenvalue weighted by Gasteiger charge is 2.08. The molecule has 0 saturated carbocycles. The highest BCUT2D eigenvalue weighted by molar-refractivity contribution is 5.67. The largest absolute Gasteiger partial charge is 0.372 e. The molecule has 2 aromatic rings. The summed E-state index contributed by atoms with van der Waals surface area (Å²) in [4.78, 5) is 11.0. The van der Waals surface area contributed by atoms with E-state index in [1.54, 1.807) is 0 Å². The van der Waals surface area contributed by atoms with Crippen LogP contribution in [0.3, 0.4) is 0 Å². The number of hydrogen-bond acceptors (Lipinski definition) is 2. The number of carbonyl (C=O) groups is 1. The summed E-state index contributed by atoms with van der Waals surface area (Å²) in [5.41, 5.74) is 1.92. The van der Waals surface area contributed by atoms with Crippen LogP contribution in [0.4, 0.5) is 5.69 Å². The molecule has 1 N–H and O–H groups in total. The van der Waals surface area contributed by atoms with Gasteiger partial charge >= 0.3 is 0 Å². The maximum Gasteiger partial charge on any atom is 0.146 e. The van der Waals surface area contributed by atoms with Crippen LogP contribution in [0.15, 0.2) is 60.7 Å². The van der Waals surface area contributed by atoms with Gasteiger partial charge in [-0.3, -0.25) is 0 Å². The molecule has 2 heteroatoms. The first-order chi connectivity index (χ1) is 7.90. The van der Waals surface area contributed by atoms with Gasteiger partial charge in [-0.2, -0.15) is 0 Å². The standard InChI is InChI=1S/C14H13NO/c16-11-14(12-7-3-1-4-8-12)15-13-9-5-2-6-10-13/h1-11,14-15H. The van der Waals surface area contributed by atoms with E-state index in [0.29, 0.717) is 0 Å². The van der Waals surface area contributed by atoms with E-state index in [1.807, 2.05) is 60.7 Å². The van der Waals surface area contributed by atoms with Crippen molar-refractivity contribution in [3.63, 3.8) is 0 Å². The Kier molecular flexibility index (Phi) is 3.34. The fourth-order valence-electron chi connectivity index (χ4n) is 1.57. The van der Waals surface area contributed by atoms with Crippen molar-refractivity contribution in [1.29, 1.82) is 0 Å². The lowest BCUT2D eigenvalue weighted by Crippen LogP contribution is -2.11. The van der Waals surface area contributed by atoms with Gasteiger partial charge in [-0.25, -0.2) is 0 Å². The van der Waals surface area contributed by atoms with E-state index >= 15 is 0 Å². The van der Waals surface area contributed by atoms with Crippen molar-refractivity contribution >= 4 is 12.0 Å². The van der Waals surface area contributed by atoms with Gasteiger partial charge in [-0.15, -0.1) is 0 Å². The molecule has 0 amide bonds. The third kappa shape index (κ3) is 2.48. The molecule has 0 aliphatic heterocycles. The quantitative estimate of drug-likeness (QED) is 0.787. The maximum atomic E-state index is 11.0. The number of para-hydroxylation sites is 1. The Morgan fingerprint density at radius 2 is 1.44 bits per heavy atom. The minimum Gasteiger partial charge on any atom is -0.372 e. The number of nitrogens with one attached hydrogen (secondary N) is 1. The van der Waals surface area contributed by atoms with Crippen LogP contribution in [0, 0.1) is 0 Å². The van der Waals surface area contributed by atoms with E-state index in [0.717, 1.165) is 17.5 Å². The van der Waals surface area contributed by atoms with Crippen molar-refractivity contribution in [2.45, 2.75) is 6.04 Å². The Morgan fingerprint density at radius 1 is 0.875 bits per heavy atom. The highest BCUT2D eigenvalue weighted by atomic mass is 16.1. The smallest absolute Gasteiger partial charge is 0.146 e. The minimum atomic E-state index is -0.288. The second-order valence-corrected chi connectivity index (χ2v) is 3.53. The summed E-state index contributed by atoms with van der Waals surface area (Å²) in [6.07, 6.45) is 0.919. The van der Waals surface area contributed by atoms with Gasteiger partial charge in [0.25, 0.3) is 0 Å². The summed E-state index contributed by atoms with van der Waals surface area (Å²) in [7, 11) is 0. The molecule has 80 valence electrons. The average molecular weight is 211 g/mol. The second-order valence-electron chi connectivity index (χ2n) is 3.53. The van der Waals surface area contributed by atoms with Crippen LogP contribution >= 0.6 is 0 Å². The van der Waals surface area contributed by atoms with Gasteiger partial charge < -0.3 is 10.1 Å². The molecule has 16 heavy (non-hydrogen) atoms. The molecule has 2 aromatic carbocycles. The Bertz CT molecular complexity index is 439. The first kappa shape index (κ1) is 10.4. The molecule has 0 aliphatic carbocycles. The highest BCUT2D eigenvalue weighted by Crippen LogP contribution is 2.17. The number of aldehydes is 1.